The van der Waals surface area contributed by atoms with Crippen LogP contribution < -0.4 is 5.32 Å². The van der Waals surface area contributed by atoms with E-state index in [2.05, 4.69) is 16.4 Å². The van der Waals surface area contributed by atoms with Crippen LogP contribution >= 0.6 is 22.9 Å². The first-order valence-electron chi connectivity index (χ1n) is 7.11. The molecule has 5 heteroatoms. The van der Waals surface area contributed by atoms with Gasteiger partial charge >= 0.3 is 0 Å². The first-order valence-corrected chi connectivity index (χ1v) is 8.30. The molecule has 1 aromatic heterocycles. The van der Waals surface area contributed by atoms with Crippen molar-refractivity contribution in [1.82, 2.24) is 10.3 Å². The summed E-state index contributed by atoms with van der Waals surface area (Å²) in [4.78, 5) is 16.6. The molecule has 0 atom stereocenters. The number of fused-ring (bicyclic) bond motifs is 1. The third-order valence-electron chi connectivity index (χ3n) is 3.31. The molecule has 1 amide bonds. The minimum atomic E-state index is -0.130. The quantitative estimate of drug-likeness (QED) is 0.708. The van der Waals surface area contributed by atoms with Crippen LogP contribution in [0.5, 0.6) is 0 Å². The molecule has 112 valence electrons. The van der Waals surface area contributed by atoms with E-state index in [9.17, 15) is 4.79 Å². The average molecular weight is 331 g/mol. The van der Waals surface area contributed by atoms with Crippen molar-refractivity contribution in [2.75, 3.05) is 6.54 Å². The summed E-state index contributed by atoms with van der Waals surface area (Å²) in [6.07, 6.45) is 1.72. The van der Waals surface area contributed by atoms with Crippen LogP contribution in [0.2, 0.25) is 5.02 Å². The fraction of sp³-hybridized carbons (Fsp3) is 0.176. The molecule has 0 aliphatic heterocycles. The second-order valence-electron chi connectivity index (χ2n) is 4.91. The molecule has 0 spiro atoms. The van der Waals surface area contributed by atoms with E-state index in [0.29, 0.717) is 17.1 Å². The maximum atomic E-state index is 12.0. The molecule has 1 N–H and O–H groups in total. The highest BCUT2D eigenvalue weighted by Gasteiger charge is 2.09. The summed E-state index contributed by atoms with van der Waals surface area (Å²) < 4.78 is 1.21. The van der Waals surface area contributed by atoms with Crippen LogP contribution in [0.25, 0.3) is 10.2 Å². The van der Waals surface area contributed by atoms with Crippen molar-refractivity contribution in [2.45, 2.75) is 12.8 Å². The number of hydrogen-bond donors (Lipinski definition) is 1. The predicted molar refractivity (Wildman–Crippen MR) is 91.7 cm³/mol. The van der Waals surface area contributed by atoms with E-state index in [1.807, 2.05) is 30.3 Å². The molecule has 3 nitrogen and oxygen atoms in total. The van der Waals surface area contributed by atoms with Crippen LogP contribution in [0.1, 0.15) is 21.8 Å². The molecular weight excluding hydrogens is 316 g/mol. The standard InChI is InChI=1S/C17H15ClN2OS/c18-13-7-2-1-6-12(13)17(21)19-11-5-10-16-20-14-8-3-4-9-15(14)22-16/h1-4,6-9H,5,10-11H2,(H,19,21). The van der Waals surface area contributed by atoms with Gasteiger partial charge in [0.1, 0.15) is 0 Å². The summed E-state index contributed by atoms with van der Waals surface area (Å²) in [7, 11) is 0. The smallest absolute Gasteiger partial charge is 0.252 e. The number of nitrogens with one attached hydrogen (secondary N) is 1. The van der Waals surface area contributed by atoms with E-state index in [1.165, 1.54) is 4.70 Å². The summed E-state index contributed by atoms with van der Waals surface area (Å²) in [5, 5.41) is 4.48. The van der Waals surface area contributed by atoms with Gasteiger partial charge in [-0.2, -0.15) is 0 Å². The molecule has 0 unspecified atom stereocenters. The van der Waals surface area contributed by atoms with Gasteiger partial charge in [-0.25, -0.2) is 4.98 Å². The molecular formula is C17H15ClN2OS. The lowest BCUT2D eigenvalue weighted by Crippen LogP contribution is -2.25. The van der Waals surface area contributed by atoms with Gasteiger partial charge in [-0.3, -0.25) is 4.79 Å². The van der Waals surface area contributed by atoms with Gasteiger partial charge in [0.2, 0.25) is 0 Å². The second kappa shape index (κ2) is 6.90. The van der Waals surface area contributed by atoms with Crippen LogP contribution in [-0.4, -0.2) is 17.4 Å². The number of thiazole rings is 1. The van der Waals surface area contributed by atoms with Crippen LogP contribution in [0.3, 0.4) is 0 Å². The Balaban J connectivity index is 1.51. The highest BCUT2D eigenvalue weighted by molar-refractivity contribution is 7.18. The molecule has 0 radical (unpaired) electrons. The number of carbonyl (C=O) groups is 1. The van der Waals surface area contributed by atoms with Crippen LogP contribution in [0.15, 0.2) is 48.5 Å². The van der Waals surface area contributed by atoms with Crippen molar-refractivity contribution in [3.8, 4) is 0 Å². The van der Waals surface area contributed by atoms with Crippen molar-refractivity contribution in [3.63, 3.8) is 0 Å². The first kappa shape index (κ1) is 15.0. The number of carbonyl (C=O) groups excluding carboxylic acids is 1. The number of benzene rings is 2. The van der Waals surface area contributed by atoms with E-state index < -0.39 is 0 Å². The fourth-order valence-electron chi connectivity index (χ4n) is 2.21. The topological polar surface area (TPSA) is 42.0 Å². The number of nitrogens with zero attached hydrogens (tertiary/aromatic N) is 1. The lowest BCUT2D eigenvalue weighted by molar-refractivity contribution is 0.0953. The number of amides is 1. The van der Waals surface area contributed by atoms with Crippen molar-refractivity contribution < 1.29 is 4.79 Å². The number of rotatable bonds is 5. The van der Waals surface area contributed by atoms with Crippen molar-refractivity contribution >= 4 is 39.1 Å². The minimum absolute atomic E-state index is 0.130. The number of aryl methyl sites for hydroxylation is 1. The zero-order chi connectivity index (χ0) is 15.4. The SMILES string of the molecule is O=C(NCCCc1nc2ccccc2s1)c1ccccc1Cl. The Morgan fingerprint density at radius 3 is 2.73 bits per heavy atom. The molecule has 22 heavy (non-hydrogen) atoms. The van der Waals surface area contributed by atoms with Gasteiger partial charge in [-0.15, -0.1) is 11.3 Å². The molecule has 0 fully saturated rings. The van der Waals surface area contributed by atoms with Gasteiger partial charge < -0.3 is 5.32 Å². The van der Waals surface area contributed by atoms with Gasteiger partial charge in [-0.05, 0) is 30.7 Å². The van der Waals surface area contributed by atoms with Gasteiger partial charge in [0, 0.05) is 13.0 Å². The normalized spacial score (nSPS) is 10.8. The van der Waals surface area contributed by atoms with Crippen LogP contribution in [0.4, 0.5) is 0 Å². The molecule has 0 aliphatic carbocycles. The molecule has 1 heterocycles. The molecule has 3 aromatic rings. The van der Waals surface area contributed by atoms with Gasteiger partial charge in [0.25, 0.3) is 5.91 Å². The molecule has 0 aliphatic rings. The van der Waals surface area contributed by atoms with Crippen LogP contribution in [0, 0.1) is 0 Å². The Morgan fingerprint density at radius 2 is 1.91 bits per heavy atom. The predicted octanol–water partition coefficient (Wildman–Crippen LogP) is 4.31. The summed E-state index contributed by atoms with van der Waals surface area (Å²) in [6.45, 7) is 0.611. The third-order valence-corrected chi connectivity index (χ3v) is 4.74. The maximum Gasteiger partial charge on any atom is 0.252 e. The zero-order valence-corrected chi connectivity index (χ0v) is 13.5. The second-order valence-corrected chi connectivity index (χ2v) is 6.44. The summed E-state index contributed by atoms with van der Waals surface area (Å²) in [5.74, 6) is -0.130. The van der Waals surface area contributed by atoms with Crippen LogP contribution in [-0.2, 0) is 6.42 Å². The van der Waals surface area contributed by atoms with Gasteiger partial charge in [0.05, 0.1) is 25.8 Å². The Kier molecular flexibility index (Phi) is 4.71. The number of aromatic nitrogens is 1. The van der Waals surface area contributed by atoms with E-state index in [4.69, 9.17) is 11.6 Å². The number of halogens is 1. The Morgan fingerprint density at radius 1 is 1.14 bits per heavy atom. The molecule has 3 rings (SSSR count). The highest BCUT2D eigenvalue weighted by atomic mass is 35.5. The minimum Gasteiger partial charge on any atom is -0.352 e. The summed E-state index contributed by atoms with van der Waals surface area (Å²) in [5.41, 5.74) is 1.56. The summed E-state index contributed by atoms with van der Waals surface area (Å²) >= 11 is 7.71. The summed E-state index contributed by atoms with van der Waals surface area (Å²) in [6, 6.07) is 15.2. The highest BCUT2D eigenvalue weighted by Crippen LogP contribution is 2.22. The van der Waals surface area contributed by atoms with E-state index in [-0.39, 0.29) is 5.91 Å². The van der Waals surface area contributed by atoms with Crippen molar-refractivity contribution in [2.24, 2.45) is 0 Å². The van der Waals surface area contributed by atoms with Gasteiger partial charge in [-0.1, -0.05) is 35.9 Å². The Bertz CT molecular complexity index is 767. The molecule has 0 saturated carbocycles. The van der Waals surface area contributed by atoms with Crippen molar-refractivity contribution in [1.29, 1.82) is 0 Å². The van der Waals surface area contributed by atoms with E-state index >= 15 is 0 Å². The Labute approximate surface area is 138 Å². The average Bonchev–Trinajstić information content (AvgIpc) is 2.94. The molecule has 2 aromatic carbocycles. The zero-order valence-electron chi connectivity index (χ0n) is 11.9. The fourth-order valence-corrected chi connectivity index (χ4v) is 3.44. The lowest BCUT2D eigenvalue weighted by atomic mass is 10.2. The van der Waals surface area contributed by atoms with Crippen molar-refractivity contribution in [3.05, 3.63) is 64.1 Å². The van der Waals surface area contributed by atoms with E-state index in [1.54, 1.807) is 23.5 Å². The lowest BCUT2D eigenvalue weighted by Gasteiger charge is -2.05. The van der Waals surface area contributed by atoms with Gasteiger partial charge in [0.15, 0.2) is 0 Å². The number of para-hydroxylation sites is 1. The molecule has 0 bridgehead atoms. The third kappa shape index (κ3) is 3.46. The number of hydrogen-bond acceptors (Lipinski definition) is 3. The van der Waals surface area contributed by atoms with E-state index in [0.717, 1.165) is 23.4 Å². The first-order chi connectivity index (χ1) is 10.7. The maximum absolute atomic E-state index is 12.0. The molecule has 0 saturated heterocycles. The Hall–Kier alpha value is -1.91. The largest absolute Gasteiger partial charge is 0.352 e. The monoisotopic (exact) mass is 330 g/mol.